The lowest BCUT2D eigenvalue weighted by Crippen LogP contribution is -2.40. The van der Waals surface area contributed by atoms with Gasteiger partial charge in [-0.1, -0.05) is 6.92 Å². The van der Waals surface area contributed by atoms with Crippen LogP contribution in [0.25, 0.3) is 0 Å². The van der Waals surface area contributed by atoms with Gasteiger partial charge in [0.1, 0.15) is 12.4 Å². The van der Waals surface area contributed by atoms with Crippen molar-refractivity contribution < 1.29 is 10.2 Å². The van der Waals surface area contributed by atoms with Crippen molar-refractivity contribution in [2.24, 2.45) is 5.92 Å². The van der Waals surface area contributed by atoms with Crippen molar-refractivity contribution in [2.75, 3.05) is 0 Å². The summed E-state index contributed by atoms with van der Waals surface area (Å²) in [6.45, 7) is 2.18. The number of aromatic nitrogens is 2. The first kappa shape index (κ1) is 11.5. The third-order valence-electron chi connectivity index (χ3n) is 3.55. The van der Waals surface area contributed by atoms with E-state index in [2.05, 4.69) is 16.9 Å². The molecule has 1 aromatic rings. The van der Waals surface area contributed by atoms with E-state index in [4.69, 9.17) is 0 Å². The van der Waals surface area contributed by atoms with Crippen molar-refractivity contribution in [1.29, 1.82) is 0 Å². The van der Waals surface area contributed by atoms with E-state index in [1.54, 1.807) is 12.4 Å². The quantitative estimate of drug-likeness (QED) is 0.795. The molecule has 88 valence electrons. The standard InChI is InChI=1S/C12H18N2O2/c1-9-2-4-12(16,5-3-9)11(15)10-6-13-8-14-7-10/h6-9,11,15-16H,2-5H2,1H3. The lowest BCUT2D eigenvalue weighted by Gasteiger charge is -2.38. The van der Waals surface area contributed by atoms with Crippen LogP contribution in [-0.4, -0.2) is 25.8 Å². The van der Waals surface area contributed by atoms with Gasteiger partial charge in [0, 0.05) is 18.0 Å². The molecule has 1 unspecified atom stereocenters. The molecule has 1 saturated carbocycles. The van der Waals surface area contributed by atoms with E-state index >= 15 is 0 Å². The van der Waals surface area contributed by atoms with Gasteiger partial charge in [-0.2, -0.15) is 0 Å². The minimum Gasteiger partial charge on any atom is -0.387 e. The third-order valence-corrected chi connectivity index (χ3v) is 3.55. The van der Waals surface area contributed by atoms with Gasteiger partial charge in [-0.25, -0.2) is 9.97 Å². The molecule has 1 atom stereocenters. The summed E-state index contributed by atoms with van der Waals surface area (Å²) in [6, 6.07) is 0. The molecular weight excluding hydrogens is 204 g/mol. The molecule has 0 radical (unpaired) electrons. The number of nitrogens with zero attached hydrogens (tertiary/aromatic N) is 2. The molecule has 1 fully saturated rings. The molecule has 0 saturated heterocycles. The first-order valence-corrected chi connectivity index (χ1v) is 5.77. The zero-order valence-electron chi connectivity index (χ0n) is 9.50. The predicted molar refractivity (Wildman–Crippen MR) is 59.6 cm³/mol. The Morgan fingerprint density at radius 2 is 1.88 bits per heavy atom. The molecule has 0 aliphatic heterocycles. The number of aliphatic hydroxyl groups excluding tert-OH is 1. The highest BCUT2D eigenvalue weighted by atomic mass is 16.3. The second kappa shape index (κ2) is 4.47. The maximum absolute atomic E-state index is 10.4. The maximum Gasteiger partial charge on any atom is 0.115 e. The highest BCUT2D eigenvalue weighted by Crippen LogP contribution is 2.39. The van der Waals surface area contributed by atoms with Gasteiger partial charge in [-0.05, 0) is 31.6 Å². The van der Waals surface area contributed by atoms with Crippen LogP contribution in [-0.2, 0) is 0 Å². The Morgan fingerprint density at radius 3 is 2.44 bits per heavy atom. The molecule has 0 spiro atoms. The second-order valence-corrected chi connectivity index (χ2v) is 4.86. The normalized spacial score (nSPS) is 32.3. The molecule has 2 rings (SSSR count). The maximum atomic E-state index is 10.4. The summed E-state index contributed by atoms with van der Waals surface area (Å²) in [5.74, 6) is 0.638. The number of hydrogen-bond donors (Lipinski definition) is 2. The molecule has 1 aliphatic rings. The van der Waals surface area contributed by atoms with Crippen LogP contribution >= 0.6 is 0 Å². The van der Waals surface area contributed by atoms with Crippen LogP contribution in [0.5, 0.6) is 0 Å². The van der Waals surface area contributed by atoms with Crippen molar-refractivity contribution in [1.82, 2.24) is 9.97 Å². The summed E-state index contributed by atoms with van der Waals surface area (Å²) >= 11 is 0. The average Bonchev–Trinajstić information content (AvgIpc) is 2.33. The monoisotopic (exact) mass is 222 g/mol. The van der Waals surface area contributed by atoms with Crippen molar-refractivity contribution in [3.05, 3.63) is 24.3 Å². The van der Waals surface area contributed by atoms with Gasteiger partial charge in [-0.15, -0.1) is 0 Å². The predicted octanol–water partition coefficient (Wildman–Crippen LogP) is 1.45. The van der Waals surface area contributed by atoms with Gasteiger partial charge in [0.15, 0.2) is 0 Å². The minimum absolute atomic E-state index is 0.597. The molecule has 0 bridgehead atoms. The van der Waals surface area contributed by atoms with E-state index in [0.29, 0.717) is 24.3 Å². The Morgan fingerprint density at radius 1 is 1.31 bits per heavy atom. The molecule has 4 heteroatoms. The highest BCUT2D eigenvalue weighted by Gasteiger charge is 2.39. The van der Waals surface area contributed by atoms with E-state index in [9.17, 15) is 10.2 Å². The van der Waals surface area contributed by atoms with Crippen LogP contribution in [0.2, 0.25) is 0 Å². The van der Waals surface area contributed by atoms with Crippen molar-refractivity contribution in [3.8, 4) is 0 Å². The van der Waals surface area contributed by atoms with E-state index in [1.165, 1.54) is 6.33 Å². The summed E-state index contributed by atoms with van der Waals surface area (Å²) < 4.78 is 0. The van der Waals surface area contributed by atoms with E-state index < -0.39 is 11.7 Å². The van der Waals surface area contributed by atoms with Crippen LogP contribution in [0.15, 0.2) is 18.7 Å². The van der Waals surface area contributed by atoms with Crippen LogP contribution in [0.1, 0.15) is 44.3 Å². The van der Waals surface area contributed by atoms with Gasteiger partial charge in [0.05, 0.1) is 5.60 Å². The second-order valence-electron chi connectivity index (χ2n) is 4.86. The Labute approximate surface area is 95.4 Å². The molecule has 4 nitrogen and oxygen atoms in total. The molecule has 16 heavy (non-hydrogen) atoms. The Balaban J connectivity index is 2.12. The SMILES string of the molecule is CC1CCC(O)(C(O)c2cncnc2)CC1. The van der Waals surface area contributed by atoms with Crippen molar-refractivity contribution in [2.45, 2.75) is 44.3 Å². The van der Waals surface area contributed by atoms with Crippen LogP contribution < -0.4 is 0 Å². The van der Waals surface area contributed by atoms with Gasteiger partial charge in [-0.3, -0.25) is 0 Å². The summed E-state index contributed by atoms with van der Waals surface area (Å²) in [4.78, 5) is 7.73. The summed E-state index contributed by atoms with van der Waals surface area (Å²) in [7, 11) is 0. The van der Waals surface area contributed by atoms with Crippen LogP contribution in [0, 0.1) is 5.92 Å². The largest absolute Gasteiger partial charge is 0.387 e. The van der Waals surface area contributed by atoms with Crippen molar-refractivity contribution >= 4 is 0 Å². The zero-order chi connectivity index (χ0) is 11.6. The molecule has 1 aliphatic carbocycles. The van der Waals surface area contributed by atoms with Crippen molar-refractivity contribution in [3.63, 3.8) is 0 Å². The van der Waals surface area contributed by atoms with E-state index in [-0.39, 0.29) is 0 Å². The van der Waals surface area contributed by atoms with Gasteiger partial charge in [0.25, 0.3) is 0 Å². The smallest absolute Gasteiger partial charge is 0.115 e. The molecule has 1 heterocycles. The fraction of sp³-hybridized carbons (Fsp3) is 0.667. The van der Waals surface area contributed by atoms with Gasteiger partial charge < -0.3 is 10.2 Å². The number of rotatable bonds is 2. The Kier molecular flexibility index (Phi) is 3.21. The zero-order valence-corrected chi connectivity index (χ0v) is 9.50. The van der Waals surface area contributed by atoms with E-state index in [0.717, 1.165) is 12.8 Å². The number of aliphatic hydroxyl groups is 2. The molecule has 0 aromatic carbocycles. The summed E-state index contributed by atoms with van der Waals surface area (Å²) in [5, 5.41) is 20.6. The van der Waals surface area contributed by atoms with Crippen LogP contribution in [0.3, 0.4) is 0 Å². The molecule has 1 aromatic heterocycles. The molecular formula is C12H18N2O2. The first-order chi connectivity index (χ1) is 7.62. The topological polar surface area (TPSA) is 66.2 Å². The minimum atomic E-state index is -1.00. The fourth-order valence-corrected chi connectivity index (χ4v) is 2.30. The summed E-state index contributed by atoms with van der Waals surface area (Å²) in [5.41, 5.74) is -0.406. The molecule has 0 amide bonds. The lowest BCUT2D eigenvalue weighted by atomic mass is 9.75. The van der Waals surface area contributed by atoms with Gasteiger partial charge >= 0.3 is 0 Å². The Hall–Kier alpha value is -1.00. The van der Waals surface area contributed by atoms with E-state index in [1.807, 2.05) is 0 Å². The lowest BCUT2D eigenvalue weighted by molar-refractivity contribution is -0.105. The first-order valence-electron chi connectivity index (χ1n) is 5.77. The van der Waals surface area contributed by atoms with Gasteiger partial charge in [0.2, 0.25) is 0 Å². The Bertz CT molecular complexity index is 334. The van der Waals surface area contributed by atoms with Crippen LogP contribution in [0.4, 0.5) is 0 Å². The summed E-state index contributed by atoms with van der Waals surface area (Å²) in [6.07, 6.45) is 6.88. The molecule has 2 N–H and O–H groups in total. The fourth-order valence-electron chi connectivity index (χ4n) is 2.30. The highest BCUT2D eigenvalue weighted by molar-refractivity contribution is 5.12. The average molecular weight is 222 g/mol. The third kappa shape index (κ3) is 2.23. The number of hydrogen-bond acceptors (Lipinski definition) is 4.